The van der Waals surface area contributed by atoms with Crippen molar-refractivity contribution in [2.75, 3.05) is 0 Å². The number of fused-ring (bicyclic) bond motifs is 2. The third kappa shape index (κ3) is 6.46. The molecule has 0 saturated heterocycles. The molecule has 0 N–H and O–H groups in total. The normalized spacial score (nSPS) is 13.3. The predicted molar refractivity (Wildman–Crippen MR) is 103 cm³/mol. The molecule has 22 heavy (non-hydrogen) atoms. The number of halogens is 5. The van der Waals surface area contributed by atoms with Crippen molar-refractivity contribution in [2.24, 2.45) is 0 Å². The molecule has 3 aromatic rings. The fourth-order valence-corrected chi connectivity index (χ4v) is 2.03. The molecule has 0 aliphatic rings. The van der Waals surface area contributed by atoms with Crippen LogP contribution in [0.3, 0.4) is 0 Å². The van der Waals surface area contributed by atoms with Gasteiger partial charge < -0.3 is 0 Å². The van der Waals surface area contributed by atoms with Crippen molar-refractivity contribution < 1.29 is 4.42 Å². The molecule has 0 bridgehead atoms. The standard InChI is InChI=1S/C15H13O.5ClH.Sn/c1-10-3-5-14-12(7-10)9-13-8-11(2)4-6-15(13)16-14;;;;;;/h3-9H,1-2H3;5*1H;/q+1;;;;;;+4/p-5. The third-order valence-electron chi connectivity index (χ3n) is 2.86. The van der Waals surface area contributed by atoms with E-state index in [2.05, 4.69) is 44.2 Å². The second-order valence-electron chi connectivity index (χ2n) is 5.04. The quantitative estimate of drug-likeness (QED) is 0.175. The summed E-state index contributed by atoms with van der Waals surface area (Å²) in [4.78, 5) is 0. The Bertz CT molecular complexity index is 766. The second kappa shape index (κ2) is 6.70. The van der Waals surface area contributed by atoms with Crippen molar-refractivity contribution in [2.45, 2.75) is 13.8 Å². The summed E-state index contributed by atoms with van der Waals surface area (Å²) in [5, 5.41) is 2.33. The summed E-state index contributed by atoms with van der Waals surface area (Å²) >= 11 is -4.40. The monoisotopic (exact) mass is 504 g/mol. The summed E-state index contributed by atoms with van der Waals surface area (Å²) in [7, 11) is 25.3. The molecule has 0 unspecified atom stereocenters. The molecule has 0 saturated carbocycles. The van der Waals surface area contributed by atoms with Crippen LogP contribution in [0.2, 0.25) is 0 Å². The van der Waals surface area contributed by atoms with E-state index in [1.54, 1.807) is 0 Å². The summed E-state index contributed by atoms with van der Waals surface area (Å²) in [6.07, 6.45) is 0. The van der Waals surface area contributed by atoms with Gasteiger partial charge in [-0.25, -0.2) is 4.42 Å². The van der Waals surface area contributed by atoms with Crippen LogP contribution in [0, 0.1) is 13.8 Å². The van der Waals surface area contributed by atoms with E-state index in [0.29, 0.717) is 0 Å². The third-order valence-corrected chi connectivity index (χ3v) is 2.86. The van der Waals surface area contributed by atoms with Crippen molar-refractivity contribution in [3.05, 3.63) is 53.6 Å². The molecule has 0 fully saturated rings. The van der Waals surface area contributed by atoms with Gasteiger partial charge in [0.15, 0.2) is 0 Å². The first-order chi connectivity index (χ1) is 9.96. The molecule has 1 heterocycles. The van der Waals surface area contributed by atoms with E-state index in [-0.39, 0.29) is 0 Å². The van der Waals surface area contributed by atoms with Crippen molar-refractivity contribution >= 4 is 77.9 Å². The topological polar surface area (TPSA) is 11.3 Å². The predicted octanol–water partition coefficient (Wildman–Crippen LogP) is 7.55. The van der Waals surface area contributed by atoms with Crippen LogP contribution in [0.25, 0.3) is 21.9 Å². The average Bonchev–Trinajstić information content (AvgIpc) is 2.33. The van der Waals surface area contributed by atoms with Gasteiger partial charge in [0, 0.05) is 12.1 Å². The van der Waals surface area contributed by atoms with E-state index in [1.807, 2.05) is 12.1 Å². The molecule has 0 aliphatic heterocycles. The number of hydrogen-bond acceptors (Lipinski definition) is 0. The second-order valence-corrected chi connectivity index (χ2v) is 47.5. The molecule has 2 aromatic carbocycles. The van der Waals surface area contributed by atoms with Crippen molar-refractivity contribution in [1.29, 1.82) is 0 Å². The minimum atomic E-state index is -4.40. The first-order valence-electron chi connectivity index (χ1n) is 6.41. The molecular formula is C15H13Cl5OSn. The van der Waals surface area contributed by atoms with Gasteiger partial charge in [0.2, 0.25) is 0 Å². The van der Waals surface area contributed by atoms with Crippen LogP contribution < -0.4 is 0 Å². The van der Waals surface area contributed by atoms with Crippen molar-refractivity contribution in [3.63, 3.8) is 0 Å². The van der Waals surface area contributed by atoms with E-state index < -0.39 is 11.4 Å². The Balaban J connectivity index is 0.000000254. The average molecular weight is 505 g/mol. The van der Waals surface area contributed by atoms with Gasteiger partial charge in [-0.2, -0.15) is 0 Å². The van der Waals surface area contributed by atoms with Crippen LogP contribution in [-0.4, -0.2) is 11.4 Å². The molecule has 0 atom stereocenters. The molecule has 0 radical (unpaired) electrons. The Labute approximate surface area is 148 Å². The molecule has 1 aromatic heterocycles. The van der Waals surface area contributed by atoms with E-state index >= 15 is 0 Å². The first kappa shape index (κ1) is 18.7. The molecule has 3 rings (SSSR count). The zero-order valence-corrected chi connectivity index (χ0v) is 18.5. The summed E-state index contributed by atoms with van der Waals surface area (Å²) in [5.41, 5.74) is 4.41. The molecule has 1 nitrogen and oxygen atoms in total. The Hall–Kier alpha value is 0.359. The van der Waals surface area contributed by atoms with Crippen LogP contribution in [-0.2, 0) is 0 Å². The maximum atomic E-state index is 5.86. The Kier molecular flexibility index (Phi) is 5.69. The van der Waals surface area contributed by atoms with Gasteiger partial charge in [-0.15, -0.1) is 0 Å². The van der Waals surface area contributed by atoms with Crippen molar-refractivity contribution in [1.82, 2.24) is 0 Å². The summed E-state index contributed by atoms with van der Waals surface area (Å²) in [6, 6.07) is 14.7. The van der Waals surface area contributed by atoms with E-state index in [4.69, 9.17) is 49.0 Å². The Morgan fingerprint density at radius 1 is 0.682 bits per heavy atom. The summed E-state index contributed by atoms with van der Waals surface area (Å²) in [6.45, 7) is 4.19. The van der Waals surface area contributed by atoms with Gasteiger partial charge in [0.25, 0.3) is 0 Å². The number of aryl methyl sites for hydroxylation is 2. The van der Waals surface area contributed by atoms with Crippen LogP contribution in [0.15, 0.2) is 46.9 Å². The van der Waals surface area contributed by atoms with Gasteiger partial charge in [0.1, 0.15) is 0 Å². The van der Waals surface area contributed by atoms with E-state index in [9.17, 15) is 0 Å². The van der Waals surface area contributed by atoms with Crippen LogP contribution in [0.1, 0.15) is 11.1 Å². The Morgan fingerprint density at radius 2 is 1.05 bits per heavy atom. The zero-order valence-electron chi connectivity index (χ0n) is 11.8. The molecular weight excluding hydrogens is 492 g/mol. The molecule has 0 spiro atoms. The van der Waals surface area contributed by atoms with Gasteiger partial charge in [-0.3, -0.25) is 0 Å². The van der Waals surface area contributed by atoms with Gasteiger partial charge in [-0.1, -0.05) is 0 Å². The number of benzene rings is 2. The summed E-state index contributed by atoms with van der Waals surface area (Å²) < 4.78 is 5.86. The summed E-state index contributed by atoms with van der Waals surface area (Å²) in [5.74, 6) is 0. The maximum absolute atomic E-state index is 5.86. The van der Waals surface area contributed by atoms with Gasteiger partial charge in [-0.05, 0) is 55.3 Å². The van der Waals surface area contributed by atoms with Crippen molar-refractivity contribution in [3.8, 4) is 0 Å². The van der Waals surface area contributed by atoms with Crippen LogP contribution >= 0.6 is 44.6 Å². The van der Waals surface area contributed by atoms with Crippen LogP contribution in [0.5, 0.6) is 0 Å². The SMILES string of the molecule is Cc1ccc2[o+]c3ccc(C)cc3cc2c1.[Cl][Sn-]([Cl])([Cl])([Cl])[Cl]. The minimum absolute atomic E-state index is 0.946. The molecule has 0 amide bonds. The van der Waals surface area contributed by atoms with Crippen LogP contribution in [0.4, 0.5) is 0 Å². The Morgan fingerprint density at radius 3 is 1.41 bits per heavy atom. The van der Waals surface area contributed by atoms with Gasteiger partial charge in [0.05, 0.1) is 10.8 Å². The van der Waals surface area contributed by atoms with E-state index in [1.165, 1.54) is 11.1 Å². The molecule has 0 aliphatic carbocycles. The fourth-order valence-electron chi connectivity index (χ4n) is 2.03. The fraction of sp³-hybridized carbons (Fsp3) is 0.133. The van der Waals surface area contributed by atoms with Gasteiger partial charge >= 0.3 is 67.1 Å². The zero-order chi connectivity index (χ0) is 16.6. The number of rotatable bonds is 0. The molecule has 7 heteroatoms. The molecule has 118 valence electrons. The first-order valence-corrected chi connectivity index (χ1v) is 24.5. The van der Waals surface area contributed by atoms with E-state index in [0.717, 1.165) is 21.9 Å². The number of hydrogen-bond donors (Lipinski definition) is 0.